The highest BCUT2D eigenvalue weighted by Crippen LogP contribution is 1.98. The van der Waals surface area contributed by atoms with Crippen molar-refractivity contribution >= 4 is 11.5 Å². The highest BCUT2D eigenvalue weighted by molar-refractivity contribution is 5.85. The molecule has 0 amide bonds. The van der Waals surface area contributed by atoms with Crippen molar-refractivity contribution in [3.05, 3.63) is 47.2 Å². The zero-order chi connectivity index (χ0) is 11.7. The molecule has 0 saturated heterocycles. The van der Waals surface area contributed by atoms with E-state index in [0.717, 1.165) is 0 Å². The number of hydrogen-bond acceptors (Lipinski definition) is 3. The zero-order valence-electron chi connectivity index (χ0n) is 8.33. The first-order chi connectivity index (χ1) is 7.59. The van der Waals surface area contributed by atoms with Crippen molar-refractivity contribution in [3.63, 3.8) is 0 Å². The van der Waals surface area contributed by atoms with E-state index in [1.54, 1.807) is 12.3 Å². The molecule has 1 N–H and O–H groups in total. The normalized spacial score (nSPS) is 10.5. The summed E-state index contributed by atoms with van der Waals surface area (Å²) in [5.74, 6) is -1.11. The largest absolute Gasteiger partial charge is 0.478 e. The Hall–Kier alpha value is -2.37. The van der Waals surface area contributed by atoms with Crippen LogP contribution in [0.3, 0.4) is 0 Å². The number of fused-ring (bicyclic) bond motifs is 1. The minimum Gasteiger partial charge on any atom is -0.478 e. The van der Waals surface area contributed by atoms with E-state index in [-0.39, 0.29) is 17.7 Å². The van der Waals surface area contributed by atoms with Gasteiger partial charge in [0.2, 0.25) is 0 Å². The van der Waals surface area contributed by atoms with E-state index in [0.29, 0.717) is 5.52 Å². The predicted molar refractivity (Wildman–Crippen MR) is 56.2 cm³/mol. The van der Waals surface area contributed by atoms with Gasteiger partial charge in [0.1, 0.15) is 5.52 Å². The van der Waals surface area contributed by atoms with E-state index in [4.69, 9.17) is 5.11 Å². The van der Waals surface area contributed by atoms with Crippen LogP contribution in [0, 0.1) is 0 Å². The quantitative estimate of drug-likeness (QED) is 0.745. The van der Waals surface area contributed by atoms with Gasteiger partial charge < -0.3 is 9.67 Å². The Kier molecular flexibility index (Phi) is 2.32. The molecule has 0 fully saturated rings. The molecule has 0 aliphatic rings. The summed E-state index contributed by atoms with van der Waals surface area (Å²) < 4.78 is 2.72. The van der Waals surface area contributed by atoms with E-state index in [2.05, 4.69) is 11.7 Å². The van der Waals surface area contributed by atoms with E-state index in [9.17, 15) is 9.59 Å². The van der Waals surface area contributed by atoms with Gasteiger partial charge >= 0.3 is 5.97 Å². The summed E-state index contributed by atoms with van der Waals surface area (Å²) in [5, 5.41) is 12.6. The highest BCUT2D eigenvalue weighted by atomic mass is 16.4. The first kappa shape index (κ1) is 10.2. The molecule has 0 unspecified atom stereocenters. The van der Waals surface area contributed by atoms with E-state index in [1.165, 1.54) is 21.5 Å². The fourth-order valence-electron chi connectivity index (χ4n) is 1.36. The van der Waals surface area contributed by atoms with E-state index in [1.807, 2.05) is 0 Å². The van der Waals surface area contributed by atoms with Crippen molar-refractivity contribution in [2.75, 3.05) is 0 Å². The second-order valence-corrected chi connectivity index (χ2v) is 3.30. The van der Waals surface area contributed by atoms with Gasteiger partial charge in [-0.15, -0.1) is 0 Å². The average molecular weight is 219 g/mol. The minimum absolute atomic E-state index is 0.0319. The highest BCUT2D eigenvalue weighted by Gasteiger charge is 2.08. The Labute approximate surface area is 90.1 Å². The molecule has 0 aliphatic carbocycles. The summed E-state index contributed by atoms with van der Waals surface area (Å²) in [5.41, 5.74) is 0.0778. The lowest BCUT2D eigenvalue weighted by atomic mass is 10.3. The summed E-state index contributed by atoms with van der Waals surface area (Å²) in [4.78, 5) is 22.4. The van der Waals surface area contributed by atoms with Crippen LogP contribution in [-0.4, -0.2) is 25.3 Å². The van der Waals surface area contributed by atoms with Crippen molar-refractivity contribution in [2.24, 2.45) is 0 Å². The minimum atomic E-state index is -1.11. The molecule has 2 rings (SSSR count). The number of carboxylic acids is 1. The lowest BCUT2D eigenvalue weighted by Crippen LogP contribution is -2.23. The number of aromatic nitrogens is 3. The molecular formula is C10H9N3O3. The summed E-state index contributed by atoms with van der Waals surface area (Å²) in [6.45, 7) is 3.34. The number of carbonyl (C=O) groups is 1. The SMILES string of the molecule is C=C(Cn1ccn2nccc2c1=O)C(=O)O. The van der Waals surface area contributed by atoms with E-state index < -0.39 is 5.97 Å². The van der Waals surface area contributed by atoms with Crippen molar-refractivity contribution < 1.29 is 9.90 Å². The maximum Gasteiger partial charge on any atom is 0.332 e. The zero-order valence-corrected chi connectivity index (χ0v) is 8.33. The van der Waals surface area contributed by atoms with Gasteiger partial charge in [0, 0.05) is 18.0 Å². The molecule has 16 heavy (non-hydrogen) atoms. The van der Waals surface area contributed by atoms with Crippen LogP contribution in [0.5, 0.6) is 0 Å². The number of carboxylic acid groups (broad SMARTS) is 1. The Morgan fingerprint density at radius 1 is 1.50 bits per heavy atom. The summed E-state index contributed by atoms with van der Waals surface area (Å²) in [7, 11) is 0. The second-order valence-electron chi connectivity index (χ2n) is 3.30. The van der Waals surface area contributed by atoms with Crippen LogP contribution < -0.4 is 5.56 Å². The Bertz CT molecular complexity index is 624. The molecule has 82 valence electrons. The fraction of sp³-hybridized carbons (Fsp3) is 0.100. The summed E-state index contributed by atoms with van der Waals surface area (Å²) >= 11 is 0. The summed E-state index contributed by atoms with van der Waals surface area (Å²) in [6.07, 6.45) is 4.58. The van der Waals surface area contributed by atoms with Gasteiger partial charge in [-0.1, -0.05) is 6.58 Å². The van der Waals surface area contributed by atoms with Crippen LogP contribution >= 0.6 is 0 Å². The molecule has 0 spiro atoms. The number of aliphatic carboxylic acids is 1. The Morgan fingerprint density at radius 2 is 2.25 bits per heavy atom. The monoisotopic (exact) mass is 219 g/mol. The van der Waals surface area contributed by atoms with Crippen molar-refractivity contribution in [1.29, 1.82) is 0 Å². The molecular weight excluding hydrogens is 210 g/mol. The molecule has 2 aromatic heterocycles. The van der Waals surface area contributed by atoms with Gasteiger partial charge in [-0.05, 0) is 6.07 Å². The number of hydrogen-bond donors (Lipinski definition) is 1. The smallest absolute Gasteiger partial charge is 0.332 e. The van der Waals surface area contributed by atoms with Crippen molar-refractivity contribution in [2.45, 2.75) is 6.54 Å². The molecule has 6 nitrogen and oxygen atoms in total. The van der Waals surface area contributed by atoms with Gasteiger partial charge in [0.25, 0.3) is 5.56 Å². The van der Waals surface area contributed by atoms with Gasteiger partial charge in [-0.2, -0.15) is 5.10 Å². The fourth-order valence-corrected chi connectivity index (χ4v) is 1.36. The molecule has 0 aliphatic heterocycles. The van der Waals surface area contributed by atoms with Gasteiger partial charge in [-0.25, -0.2) is 9.31 Å². The maximum atomic E-state index is 11.8. The molecule has 0 radical (unpaired) electrons. The molecule has 0 bridgehead atoms. The first-order valence-corrected chi connectivity index (χ1v) is 4.53. The van der Waals surface area contributed by atoms with Gasteiger partial charge in [0.05, 0.1) is 12.7 Å². The third kappa shape index (κ3) is 1.60. The van der Waals surface area contributed by atoms with Crippen LogP contribution in [0.2, 0.25) is 0 Å². The molecule has 2 aromatic rings. The maximum absolute atomic E-state index is 11.8. The third-order valence-electron chi connectivity index (χ3n) is 2.20. The molecule has 0 atom stereocenters. The van der Waals surface area contributed by atoms with Crippen LogP contribution in [0.15, 0.2) is 41.6 Å². The van der Waals surface area contributed by atoms with Crippen LogP contribution in [0.25, 0.3) is 5.52 Å². The van der Waals surface area contributed by atoms with Crippen LogP contribution in [-0.2, 0) is 11.3 Å². The Morgan fingerprint density at radius 3 is 2.94 bits per heavy atom. The number of rotatable bonds is 3. The van der Waals surface area contributed by atoms with Gasteiger partial charge in [0.15, 0.2) is 0 Å². The van der Waals surface area contributed by atoms with Crippen LogP contribution in [0.1, 0.15) is 0 Å². The lowest BCUT2D eigenvalue weighted by Gasteiger charge is -2.05. The second kappa shape index (κ2) is 3.65. The first-order valence-electron chi connectivity index (χ1n) is 4.53. The average Bonchev–Trinajstić information content (AvgIpc) is 2.70. The van der Waals surface area contributed by atoms with E-state index >= 15 is 0 Å². The van der Waals surface area contributed by atoms with Gasteiger partial charge in [-0.3, -0.25) is 4.79 Å². The van der Waals surface area contributed by atoms with Crippen molar-refractivity contribution in [3.8, 4) is 0 Å². The standard InChI is InChI=1S/C10H9N3O3/c1-7(10(15)16)6-12-4-5-13-8(9(12)14)2-3-11-13/h2-5H,1,6H2,(H,15,16). The molecule has 0 saturated carbocycles. The third-order valence-corrected chi connectivity index (χ3v) is 2.20. The Balaban J connectivity index is 2.46. The van der Waals surface area contributed by atoms with Crippen molar-refractivity contribution in [1.82, 2.24) is 14.2 Å². The molecule has 2 heterocycles. The number of nitrogens with zero attached hydrogens (tertiary/aromatic N) is 3. The summed E-state index contributed by atoms with van der Waals surface area (Å²) in [6, 6.07) is 1.57. The lowest BCUT2D eigenvalue weighted by molar-refractivity contribution is -0.132. The van der Waals surface area contributed by atoms with Crippen LogP contribution in [0.4, 0.5) is 0 Å². The topological polar surface area (TPSA) is 76.6 Å². The molecule has 0 aromatic carbocycles. The predicted octanol–water partition coefficient (Wildman–Crippen LogP) is 0.137. The molecule has 6 heteroatoms.